The Labute approximate surface area is 86.0 Å². The Balaban J connectivity index is 4.40. The first-order chi connectivity index (χ1) is 6.67. The molecule has 0 saturated heterocycles. The lowest BCUT2D eigenvalue weighted by Gasteiger charge is -2.24. The van der Waals surface area contributed by atoms with Gasteiger partial charge in [0.05, 0.1) is 6.61 Å². The molecule has 5 nitrogen and oxygen atoms in total. The predicted octanol–water partition coefficient (Wildman–Crippen LogP) is 1.28. The Morgan fingerprint density at radius 3 is 1.93 bits per heavy atom. The molecule has 0 atom stereocenters. The summed E-state index contributed by atoms with van der Waals surface area (Å²) in [6.07, 6.45) is 1.68. The van der Waals surface area contributed by atoms with Crippen LogP contribution in [0.2, 0.25) is 0 Å². The molecule has 0 rings (SSSR count). The molecule has 0 spiro atoms. The van der Waals surface area contributed by atoms with Crippen LogP contribution in [-0.4, -0.2) is 37.0 Å². The molecule has 0 saturated carbocycles. The number of allylic oxidation sites excluding steroid dienone is 1. The lowest BCUT2D eigenvalue weighted by molar-refractivity contribution is -0.0163. The van der Waals surface area contributed by atoms with E-state index in [9.17, 15) is 0 Å². The SMILES string of the molecule is C/C=C(\OCC)O[Si](OC)(OC)OC. The zero-order valence-corrected chi connectivity index (χ0v) is 10.3. The van der Waals surface area contributed by atoms with Crippen molar-refractivity contribution in [3.05, 3.63) is 12.0 Å². The van der Waals surface area contributed by atoms with E-state index in [4.69, 9.17) is 22.4 Å². The quantitative estimate of drug-likeness (QED) is 0.479. The first-order valence-electron chi connectivity index (χ1n) is 4.31. The Morgan fingerprint density at radius 1 is 1.14 bits per heavy atom. The van der Waals surface area contributed by atoms with Gasteiger partial charge in [-0.3, -0.25) is 0 Å². The molecule has 0 N–H and O–H groups in total. The summed E-state index contributed by atoms with van der Waals surface area (Å²) >= 11 is 0. The average Bonchev–Trinajstić information content (AvgIpc) is 2.25. The van der Waals surface area contributed by atoms with Gasteiger partial charge in [-0.25, -0.2) is 0 Å². The Morgan fingerprint density at radius 2 is 1.64 bits per heavy atom. The van der Waals surface area contributed by atoms with Crippen molar-refractivity contribution in [2.45, 2.75) is 13.8 Å². The van der Waals surface area contributed by atoms with Crippen LogP contribution < -0.4 is 0 Å². The second kappa shape index (κ2) is 6.83. The largest absolute Gasteiger partial charge is 0.750 e. The number of rotatable bonds is 7. The maximum atomic E-state index is 5.39. The van der Waals surface area contributed by atoms with Crippen molar-refractivity contribution in [1.29, 1.82) is 0 Å². The normalized spacial score (nSPS) is 12.8. The molecule has 14 heavy (non-hydrogen) atoms. The fourth-order valence-electron chi connectivity index (χ4n) is 0.812. The van der Waals surface area contributed by atoms with Gasteiger partial charge >= 0.3 is 9.05 Å². The van der Waals surface area contributed by atoms with Crippen LogP contribution in [-0.2, 0) is 22.4 Å². The van der Waals surface area contributed by atoms with Crippen molar-refractivity contribution >= 4 is 9.05 Å². The van der Waals surface area contributed by atoms with Crippen LogP contribution >= 0.6 is 0 Å². The Kier molecular flexibility index (Phi) is 6.55. The summed E-state index contributed by atoms with van der Waals surface area (Å²) in [5.74, 6) is 0.352. The summed E-state index contributed by atoms with van der Waals surface area (Å²) < 4.78 is 25.8. The van der Waals surface area contributed by atoms with Gasteiger partial charge in [-0.1, -0.05) is 0 Å². The molecule has 0 bridgehead atoms. The fraction of sp³-hybridized carbons (Fsp3) is 0.750. The lowest BCUT2D eigenvalue weighted by Crippen LogP contribution is -2.46. The summed E-state index contributed by atoms with van der Waals surface area (Å²) in [5.41, 5.74) is 0. The molecule has 0 heterocycles. The van der Waals surface area contributed by atoms with Gasteiger partial charge in [-0.05, 0) is 19.9 Å². The van der Waals surface area contributed by atoms with Crippen molar-refractivity contribution in [1.82, 2.24) is 0 Å². The van der Waals surface area contributed by atoms with Gasteiger partial charge in [0, 0.05) is 21.3 Å². The second-order valence-electron chi connectivity index (χ2n) is 2.26. The minimum absolute atomic E-state index is 0.352. The van der Waals surface area contributed by atoms with Crippen molar-refractivity contribution in [2.24, 2.45) is 0 Å². The molecule has 0 aliphatic heterocycles. The van der Waals surface area contributed by atoms with E-state index < -0.39 is 9.05 Å². The minimum atomic E-state index is -3.03. The lowest BCUT2D eigenvalue weighted by atomic mass is 10.7. The van der Waals surface area contributed by atoms with Gasteiger partial charge in [-0.2, -0.15) is 0 Å². The first kappa shape index (κ1) is 13.4. The third kappa shape index (κ3) is 3.67. The van der Waals surface area contributed by atoms with Gasteiger partial charge in [0.15, 0.2) is 0 Å². The molecule has 0 aromatic carbocycles. The maximum Gasteiger partial charge on any atom is 0.750 e. The molecule has 0 aromatic rings. The number of ether oxygens (including phenoxy) is 1. The Bertz CT molecular complexity index is 170. The summed E-state index contributed by atoms with van der Waals surface area (Å²) in [7, 11) is 1.38. The number of hydrogen-bond donors (Lipinski definition) is 0. The molecule has 0 aliphatic rings. The van der Waals surface area contributed by atoms with Crippen LogP contribution in [0.5, 0.6) is 0 Å². The predicted molar refractivity (Wildman–Crippen MR) is 53.2 cm³/mol. The van der Waals surface area contributed by atoms with Crippen molar-refractivity contribution in [3.8, 4) is 0 Å². The van der Waals surface area contributed by atoms with E-state index in [1.807, 2.05) is 6.92 Å². The monoisotopic (exact) mass is 222 g/mol. The van der Waals surface area contributed by atoms with Crippen LogP contribution in [0.15, 0.2) is 12.0 Å². The van der Waals surface area contributed by atoms with E-state index in [1.165, 1.54) is 21.3 Å². The topological polar surface area (TPSA) is 46.2 Å². The second-order valence-corrected chi connectivity index (χ2v) is 4.68. The average molecular weight is 222 g/mol. The third-order valence-electron chi connectivity index (χ3n) is 1.50. The first-order valence-corrected chi connectivity index (χ1v) is 5.94. The highest BCUT2D eigenvalue weighted by Crippen LogP contribution is 2.14. The van der Waals surface area contributed by atoms with E-state index in [2.05, 4.69) is 0 Å². The molecule has 84 valence electrons. The molecule has 0 fully saturated rings. The van der Waals surface area contributed by atoms with Crippen LogP contribution in [0, 0.1) is 0 Å². The van der Waals surface area contributed by atoms with Crippen molar-refractivity contribution in [2.75, 3.05) is 27.9 Å². The fourth-order valence-corrected chi connectivity index (χ4v) is 1.99. The van der Waals surface area contributed by atoms with Crippen LogP contribution in [0.4, 0.5) is 0 Å². The highest BCUT2D eigenvalue weighted by atomic mass is 28.4. The molecule has 0 aromatic heterocycles. The Hall–Kier alpha value is -0.563. The maximum absolute atomic E-state index is 5.39. The highest BCUT2D eigenvalue weighted by Gasteiger charge is 2.46. The van der Waals surface area contributed by atoms with Crippen LogP contribution in [0.3, 0.4) is 0 Å². The standard InChI is InChI=1S/C8H18O5Si/c1-6-8(12-7-2)13-14(9-3,10-4)11-5/h6H,7H2,1-5H3/b8-6+. The van der Waals surface area contributed by atoms with Gasteiger partial charge in [0.2, 0.25) is 0 Å². The van der Waals surface area contributed by atoms with Gasteiger partial charge in [0.1, 0.15) is 0 Å². The van der Waals surface area contributed by atoms with Gasteiger partial charge in [-0.15, -0.1) is 0 Å². The van der Waals surface area contributed by atoms with Crippen molar-refractivity contribution in [3.63, 3.8) is 0 Å². The van der Waals surface area contributed by atoms with E-state index in [0.29, 0.717) is 12.6 Å². The van der Waals surface area contributed by atoms with Crippen molar-refractivity contribution < 1.29 is 22.4 Å². The minimum Gasteiger partial charge on any atom is -0.467 e. The molecular formula is C8H18O5Si. The third-order valence-corrected chi connectivity index (χ3v) is 3.45. The van der Waals surface area contributed by atoms with Crippen LogP contribution in [0.25, 0.3) is 0 Å². The zero-order chi connectivity index (χ0) is 11.0. The summed E-state index contributed by atoms with van der Waals surface area (Å²) in [6.45, 7) is 4.18. The number of hydrogen-bond acceptors (Lipinski definition) is 5. The highest BCUT2D eigenvalue weighted by molar-refractivity contribution is 6.53. The molecule has 0 aliphatic carbocycles. The molecule has 0 unspecified atom stereocenters. The smallest absolute Gasteiger partial charge is 0.467 e. The molecule has 6 heteroatoms. The molecule has 0 amide bonds. The van der Waals surface area contributed by atoms with E-state index in [-0.39, 0.29) is 0 Å². The molecule has 0 radical (unpaired) electrons. The van der Waals surface area contributed by atoms with E-state index in [0.717, 1.165) is 0 Å². The van der Waals surface area contributed by atoms with Gasteiger partial charge in [0.25, 0.3) is 5.95 Å². The zero-order valence-electron chi connectivity index (χ0n) is 9.33. The summed E-state index contributed by atoms with van der Waals surface area (Å²) in [6, 6.07) is 0. The van der Waals surface area contributed by atoms with E-state index >= 15 is 0 Å². The summed E-state index contributed by atoms with van der Waals surface area (Å²) in [5, 5.41) is 0. The van der Waals surface area contributed by atoms with E-state index in [1.54, 1.807) is 13.0 Å². The molecular weight excluding hydrogens is 204 g/mol. The van der Waals surface area contributed by atoms with Gasteiger partial charge < -0.3 is 22.4 Å². The van der Waals surface area contributed by atoms with Crippen LogP contribution in [0.1, 0.15) is 13.8 Å². The summed E-state index contributed by atoms with van der Waals surface area (Å²) in [4.78, 5) is 0.